The molecule has 1 aliphatic rings. The zero-order valence-corrected chi connectivity index (χ0v) is 23.4. The van der Waals surface area contributed by atoms with Crippen LogP contribution in [0.15, 0.2) is 82.7 Å². The van der Waals surface area contributed by atoms with E-state index in [2.05, 4.69) is 21.3 Å². The second kappa shape index (κ2) is 12.6. The number of hydrogen-bond acceptors (Lipinski definition) is 7. The van der Waals surface area contributed by atoms with Crippen LogP contribution >= 0.6 is 0 Å². The maximum Gasteiger partial charge on any atom is 0.340 e. The van der Waals surface area contributed by atoms with Crippen LogP contribution in [-0.4, -0.2) is 64.7 Å². The van der Waals surface area contributed by atoms with Crippen molar-refractivity contribution in [3.05, 3.63) is 89.5 Å². The summed E-state index contributed by atoms with van der Waals surface area (Å²) in [4.78, 5) is 33.3. The topological polar surface area (TPSA) is 108 Å². The molecule has 1 amide bonds. The van der Waals surface area contributed by atoms with Crippen molar-refractivity contribution in [2.75, 3.05) is 42.4 Å². The summed E-state index contributed by atoms with van der Waals surface area (Å²) in [5.74, 6) is -0.514. The first-order valence-corrected chi connectivity index (χ1v) is 14.4. The smallest absolute Gasteiger partial charge is 0.340 e. The minimum atomic E-state index is -3.95. The lowest BCUT2D eigenvalue weighted by Gasteiger charge is -2.36. The third kappa shape index (κ3) is 6.23. The van der Waals surface area contributed by atoms with Crippen molar-refractivity contribution in [3.63, 3.8) is 0 Å². The fraction of sp³-hybridized carbons (Fsp3) is 0.233. The molecular formula is C30H32N4O5S. The number of aliphatic imine (C=N–C) groups is 1. The van der Waals surface area contributed by atoms with Crippen LogP contribution in [0.2, 0.25) is 0 Å². The summed E-state index contributed by atoms with van der Waals surface area (Å²) < 4.78 is 34.0. The number of para-hydroxylation sites is 2. The van der Waals surface area contributed by atoms with E-state index >= 15 is 0 Å². The molecule has 1 saturated heterocycles. The number of sulfonamides is 1. The predicted molar refractivity (Wildman–Crippen MR) is 158 cm³/mol. The Morgan fingerprint density at radius 1 is 1.00 bits per heavy atom. The number of nitrogens with zero attached hydrogens (tertiary/aromatic N) is 3. The number of hydrogen-bond donors (Lipinski definition) is 1. The highest BCUT2D eigenvalue weighted by atomic mass is 32.2. The highest BCUT2D eigenvalue weighted by Crippen LogP contribution is 2.31. The molecular weight excluding hydrogens is 528 g/mol. The van der Waals surface area contributed by atoms with Gasteiger partial charge in [-0.1, -0.05) is 36.4 Å². The zero-order valence-electron chi connectivity index (χ0n) is 22.5. The van der Waals surface area contributed by atoms with E-state index in [0.717, 1.165) is 5.69 Å². The number of esters is 1. The molecule has 3 aromatic rings. The van der Waals surface area contributed by atoms with E-state index in [9.17, 15) is 18.0 Å². The van der Waals surface area contributed by atoms with Crippen LogP contribution in [-0.2, 0) is 14.8 Å². The van der Waals surface area contributed by atoms with E-state index in [1.165, 1.54) is 6.07 Å². The Morgan fingerprint density at radius 3 is 2.35 bits per heavy atom. The van der Waals surface area contributed by atoms with Crippen LogP contribution in [0.3, 0.4) is 0 Å². The van der Waals surface area contributed by atoms with Crippen molar-refractivity contribution in [2.45, 2.75) is 18.7 Å². The molecule has 0 atom stereocenters. The number of carbonyl (C=O) groups is 2. The van der Waals surface area contributed by atoms with E-state index in [0.29, 0.717) is 55.2 Å². The molecule has 3 aromatic carbocycles. The van der Waals surface area contributed by atoms with Crippen molar-refractivity contribution in [2.24, 2.45) is 4.99 Å². The van der Waals surface area contributed by atoms with E-state index in [1.54, 1.807) is 72.5 Å². The first-order chi connectivity index (χ1) is 19.3. The van der Waals surface area contributed by atoms with Gasteiger partial charge in [0.05, 0.1) is 23.5 Å². The molecule has 1 N–H and O–H groups in total. The molecule has 10 heteroatoms. The number of anilines is 2. The van der Waals surface area contributed by atoms with Gasteiger partial charge in [-0.15, -0.1) is 0 Å². The molecule has 0 saturated carbocycles. The minimum absolute atomic E-state index is 0.0145. The van der Waals surface area contributed by atoms with Crippen molar-refractivity contribution < 1.29 is 22.7 Å². The van der Waals surface area contributed by atoms with Crippen LogP contribution in [0.4, 0.5) is 17.1 Å². The van der Waals surface area contributed by atoms with Gasteiger partial charge in [-0.25, -0.2) is 13.2 Å². The van der Waals surface area contributed by atoms with E-state index in [-0.39, 0.29) is 22.5 Å². The van der Waals surface area contributed by atoms with Gasteiger partial charge in [0.1, 0.15) is 4.90 Å². The molecule has 0 radical (unpaired) electrons. The molecule has 0 spiro atoms. The Kier molecular flexibility index (Phi) is 9.00. The van der Waals surface area contributed by atoms with Gasteiger partial charge >= 0.3 is 5.97 Å². The number of benzene rings is 3. The second-order valence-electron chi connectivity index (χ2n) is 9.05. The van der Waals surface area contributed by atoms with Gasteiger partial charge in [0.25, 0.3) is 15.9 Å². The van der Waals surface area contributed by atoms with Gasteiger partial charge < -0.3 is 14.5 Å². The quantitative estimate of drug-likeness (QED) is 0.292. The average Bonchev–Trinajstić information content (AvgIpc) is 2.97. The number of carbonyl (C=O) groups excluding carboxylic acids is 2. The van der Waals surface area contributed by atoms with Crippen LogP contribution in [0, 0.1) is 0 Å². The van der Waals surface area contributed by atoms with Crippen LogP contribution in [0.5, 0.6) is 0 Å². The maximum absolute atomic E-state index is 13.2. The number of piperazine rings is 1. The second-order valence-corrected chi connectivity index (χ2v) is 10.7. The summed E-state index contributed by atoms with van der Waals surface area (Å²) in [7, 11) is -3.95. The van der Waals surface area contributed by atoms with Crippen molar-refractivity contribution in [1.29, 1.82) is 0 Å². The van der Waals surface area contributed by atoms with Gasteiger partial charge in [0.2, 0.25) is 0 Å². The third-order valence-electron chi connectivity index (χ3n) is 6.52. The van der Waals surface area contributed by atoms with E-state index in [1.807, 2.05) is 19.1 Å². The van der Waals surface area contributed by atoms with E-state index < -0.39 is 10.0 Å². The highest BCUT2D eigenvalue weighted by Gasteiger charge is 2.25. The summed E-state index contributed by atoms with van der Waals surface area (Å²) in [6.07, 6.45) is 3.56. The highest BCUT2D eigenvalue weighted by molar-refractivity contribution is 7.92. The first-order valence-electron chi connectivity index (χ1n) is 12.9. The molecule has 40 heavy (non-hydrogen) atoms. The van der Waals surface area contributed by atoms with Crippen LogP contribution < -0.4 is 9.62 Å². The monoisotopic (exact) mass is 560 g/mol. The Labute approximate surface area is 234 Å². The van der Waals surface area contributed by atoms with E-state index in [4.69, 9.17) is 4.74 Å². The average molecular weight is 561 g/mol. The van der Waals surface area contributed by atoms with Gasteiger partial charge in [-0.05, 0) is 63.0 Å². The summed E-state index contributed by atoms with van der Waals surface area (Å²) in [6, 6.07) is 18.5. The maximum atomic E-state index is 13.2. The molecule has 0 bridgehead atoms. The largest absolute Gasteiger partial charge is 0.462 e. The Bertz CT molecular complexity index is 1530. The van der Waals surface area contributed by atoms with Crippen LogP contribution in [0.1, 0.15) is 40.1 Å². The lowest BCUT2D eigenvalue weighted by atomic mass is 10.1. The molecule has 1 aliphatic heterocycles. The predicted octanol–water partition coefficient (Wildman–Crippen LogP) is 4.99. The summed E-state index contributed by atoms with van der Waals surface area (Å²) in [5, 5.41) is 0. The summed E-state index contributed by atoms with van der Waals surface area (Å²) >= 11 is 0. The Hall–Kier alpha value is -4.44. The van der Waals surface area contributed by atoms with Gasteiger partial charge in [0, 0.05) is 43.0 Å². The zero-order chi connectivity index (χ0) is 28.7. The molecule has 1 fully saturated rings. The first kappa shape index (κ1) is 28.6. The number of allylic oxidation sites excluding steroid dienone is 1. The fourth-order valence-electron chi connectivity index (χ4n) is 4.59. The molecule has 0 unspecified atom stereocenters. The Morgan fingerprint density at radius 2 is 1.70 bits per heavy atom. The fourth-order valence-corrected chi connectivity index (χ4v) is 5.85. The van der Waals surface area contributed by atoms with Crippen molar-refractivity contribution >= 4 is 51.8 Å². The summed E-state index contributed by atoms with van der Waals surface area (Å²) in [6.45, 7) is 9.51. The number of ether oxygens (including phenoxy) is 1. The summed E-state index contributed by atoms with van der Waals surface area (Å²) in [5.41, 5.74) is 2.98. The van der Waals surface area contributed by atoms with Crippen LogP contribution in [0.25, 0.3) is 6.08 Å². The van der Waals surface area contributed by atoms with Gasteiger partial charge in [-0.2, -0.15) is 0 Å². The minimum Gasteiger partial charge on any atom is -0.462 e. The van der Waals surface area contributed by atoms with Crippen molar-refractivity contribution in [3.8, 4) is 0 Å². The Balaban J connectivity index is 1.42. The third-order valence-corrected chi connectivity index (χ3v) is 7.93. The molecule has 1 heterocycles. The number of rotatable bonds is 9. The molecule has 4 rings (SSSR count). The number of nitrogens with one attached hydrogen (secondary N) is 1. The number of amides is 1. The van der Waals surface area contributed by atoms with Gasteiger partial charge in [-0.3, -0.25) is 14.5 Å². The van der Waals surface area contributed by atoms with Crippen molar-refractivity contribution in [1.82, 2.24) is 4.90 Å². The molecule has 9 nitrogen and oxygen atoms in total. The lowest BCUT2D eigenvalue weighted by Crippen LogP contribution is -2.49. The standard InChI is InChI=1S/C30H32N4O5S/c1-4-9-22-10-8-13-27(28(22)31-3)40(37,38)32-24-16-14-23(15-17-24)29(35)34-20-18-33(19-21-34)26-12-7-6-11-25(26)30(36)39-5-2/h4,6-17,32H,3,5,18-21H2,1-2H3/b9-4-. The molecule has 0 aliphatic carbocycles. The molecule has 208 valence electrons. The molecule has 0 aromatic heterocycles. The SMILES string of the molecule is C=Nc1c(/C=C\C)cccc1S(=O)(=O)Nc1ccc(C(=O)N2CCN(c3ccccc3C(=O)OCC)CC2)cc1. The lowest BCUT2D eigenvalue weighted by molar-refractivity contribution is 0.0526. The normalized spacial score (nSPS) is 13.8. The van der Waals surface area contributed by atoms with Gasteiger partial charge in [0.15, 0.2) is 0 Å².